The predicted molar refractivity (Wildman–Crippen MR) is 81.2 cm³/mol. The van der Waals surface area contributed by atoms with E-state index in [9.17, 15) is 9.90 Å². The summed E-state index contributed by atoms with van der Waals surface area (Å²) in [7, 11) is 0. The Morgan fingerprint density at radius 3 is 2.68 bits per heavy atom. The van der Waals surface area contributed by atoms with Gasteiger partial charge < -0.3 is 14.8 Å². The minimum absolute atomic E-state index is 0.0318. The van der Waals surface area contributed by atoms with Crippen molar-refractivity contribution in [2.24, 2.45) is 0 Å². The van der Waals surface area contributed by atoms with E-state index in [1.54, 1.807) is 45.0 Å². The fourth-order valence-corrected chi connectivity index (χ4v) is 2.57. The first-order valence-corrected chi connectivity index (χ1v) is 6.98. The van der Waals surface area contributed by atoms with Gasteiger partial charge in [-0.05, 0) is 32.4 Å². The molecule has 1 aromatic heterocycles. The SMILES string of the molecule is Cc1[nH]c(C(=O)OCc2ccccc2C#N)c(C)c1[C@H](C)O. The van der Waals surface area contributed by atoms with Gasteiger partial charge in [0, 0.05) is 16.8 Å². The van der Waals surface area contributed by atoms with Crippen LogP contribution in [0.5, 0.6) is 0 Å². The van der Waals surface area contributed by atoms with Crippen molar-refractivity contribution in [3.63, 3.8) is 0 Å². The summed E-state index contributed by atoms with van der Waals surface area (Å²) in [5.41, 5.74) is 3.63. The van der Waals surface area contributed by atoms with Crippen molar-refractivity contribution in [3.05, 3.63) is 57.9 Å². The van der Waals surface area contributed by atoms with E-state index in [0.717, 1.165) is 5.69 Å². The van der Waals surface area contributed by atoms with Gasteiger partial charge in [0.25, 0.3) is 0 Å². The maximum atomic E-state index is 12.2. The lowest BCUT2D eigenvalue weighted by Crippen LogP contribution is -2.08. The number of aromatic amines is 1. The zero-order valence-electron chi connectivity index (χ0n) is 12.8. The molecule has 1 aromatic carbocycles. The van der Waals surface area contributed by atoms with Crippen molar-refractivity contribution in [2.75, 3.05) is 0 Å². The largest absolute Gasteiger partial charge is 0.456 e. The summed E-state index contributed by atoms with van der Waals surface area (Å²) in [6, 6.07) is 9.05. The van der Waals surface area contributed by atoms with Crippen molar-refractivity contribution in [2.45, 2.75) is 33.5 Å². The number of benzene rings is 1. The first kappa shape index (κ1) is 15.8. The third-order valence-electron chi connectivity index (χ3n) is 3.61. The van der Waals surface area contributed by atoms with E-state index in [0.29, 0.717) is 27.9 Å². The van der Waals surface area contributed by atoms with Gasteiger partial charge in [-0.25, -0.2) is 4.79 Å². The quantitative estimate of drug-likeness (QED) is 0.850. The Labute approximate surface area is 129 Å². The summed E-state index contributed by atoms with van der Waals surface area (Å²) in [6.45, 7) is 5.26. The van der Waals surface area contributed by atoms with Crippen LogP contribution in [0.15, 0.2) is 24.3 Å². The normalized spacial score (nSPS) is 11.8. The van der Waals surface area contributed by atoms with E-state index in [1.807, 2.05) is 0 Å². The number of rotatable bonds is 4. The molecule has 114 valence electrons. The molecule has 5 nitrogen and oxygen atoms in total. The summed E-state index contributed by atoms with van der Waals surface area (Å²) in [5.74, 6) is -0.500. The highest BCUT2D eigenvalue weighted by molar-refractivity contribution is 5.89. The number of ether oxygens (including phenoxy) is 1. The van der Waals surface area contributed by atoms with Gasteiger partial charge in [-0.15, -0.1) is 0 Å². The highest BCUT2D eigenvalue weighted by atomic mass is 16.5. The van der Waals surface area contributed by atoms with Gasteiger partial charge in [0.15, 0.2) is 0 Å². The molecule has 0 aliphatic rings. The number of nitriles is 1. The van der Waals surface area contributed by atoms with Crippen LogP contribution in [0.4, 0.5) is 0 Å². The van der Waals surface area contributed by atoms with E-state index in [2.05, 4.69) is 11.1 Å². The van der Waals surface area contributed by atoms with E-state index >= 15 is 0 Å². The number of nitrogens with one attached hydrogen (secondary N) is 1. The molecular weight excluding hydrogens is 280 g/mol. The van der Waals surface area contributed by atoms with Crippen LogP contribution in [0.3, 0.4) is 0 Å². The van der Waals surface area contributed by atoms with Crippen LogP contribution in [0.25, 0.3) is 0 Å². The van der Waals surface area contributed by atoms with Crippen LogP contribution >= 0.6 is 0 Å². The fraction of sp³-hybridized carbons (Fsp3) is 0.294. The van der Waals surface area contributed by atoms with Crippen molar-refractivity contribution < 1.29 is 14.6 Å². The lowest BCUT2D eigenvalue weighted by molar-refractivity contribution is 0.0465. The van der Waals surface area contributed by atoms with Crippen LogP contribution in [0.1, 0.15) is 51.5 Å². The molecule has 2 aromatic rings. The molecule has 0 aliphatic heterocycles. The van der Waals surface area contributed by atoms with Gasteiger partial charge in [-0.3, -0.25) is 0 Å². The number of esters is 1. The van der Waals surface area contributed by atoms with Crippen LogP contribution in [0, 0.1) is 25.2 Å². The highest BCUT2D eigenvalue weighted by Gasteiger charge is 2.21. The minimum Gasteiger partial charge on any atom is -0.456 e. The summed E-state index contributed by atoms with van der Waals surface area (Å²) in [4.78, 5) is 15.2. The Morgan fingerprint density at radius 1 is 1.41 bits per heavy atom. The van der Waals surface area contributed by atoms with Crippen molar-refractivity contribution in [1.29, 1.82) is 5.26 Å². The molecule has 0 radical (unpaired) electrons. The number of aryl methyl sites for hydroxylation is 1. The smallest absolute Gasteiger partial charge is 0.355 e. The summed E-state index contributed by atoms with van der Waals surface area (Å²) < 4.78 is 5.28. The lowest BCUT2D eigenvalue weighted by Gasteiger charge is -2.07. The second-order valence-electron chi connectivity index (χ2n) is 5.18. The fourth-order valence-electron chi connectivity index (χ4n) is 2.57. The number of aliphatic hydroxyl groups is 1. The van der Waals surface area contributed by atoms with Gasteiger partial charge in [0.1, 0.15) is 12.3 Å². The van der Waals surface area contributed by atoms with Gasteiger partial charge in [-0.1, -0.05) is 18.2 Å². The molecule has 0 saturated heterocycles. The number of H-pyrrole nitrogens is 1. The van der Waals surface area contributed by atoms with Crippen molar-refractivity contribution in [3.8, 4) is 6.07 Å². The Hall–Kier alpha value is -2.58. The van der Waals surface area contributed by atoms with Crippen molar-refractivity contribution >= 4 is 5.97 Å². The summed E-state index contributed by atoms with van der Waals surface area (Å²) >= 11 is 0. The number of carbonyl (C=O) groups excluding carboxylic acids is 1. The lowest BCUT2D eigenvalue weighted by atomic mass is 10.1. The number of aromatic nitrogens is 1. The molecule has 0 saturated carbocycles. The molecule has 1 heterocycles. The molecule has 0 bridgehead atoms. The van der Waals surface area contributed by atoms with Gasteiger partial charge in [-0.2, -0.15) is 5.26 Å². The number of hydrogen-bond acceptors (Lipinski definition) is 4. The Bertz CT molecular complexity index is 739. The van der Waals surface area contributed by atoms with E-state index in [1.165, 1.54) is 0 Å². The molecule has 0 spiro atoms. The molecule has 2 rings (SSSR count). The molecule has 0 amide bonds. The average molecular weight is 298 g/mol. The molecule has 0 fully saturated rings. The van der Waals surface area contributed by atoms with Crippen LogP contribution in [-0.2, 0) is 11.3 Å². The monoisotopic (exact) mass is 298 g/mol. The van der Waals surface area contributed by atoms with Crippen LogP contribution in [-0.4, -0.2) is 16.1 Å². The molecule has 5 heteroatoms. The van der Waals surface area contributed by atoms with Crippen LogP contribution in [0.2, 0.25) is 0 Å². The first-order valence-electron chi connectivity index (χ1n) is 6.98. The zero-order chi connectivity index (χ0) is 16.3. The standard InChI is InChI=1S/C17H18N2O3/c1-10-15(12(3)20)11(2)19-16(10)17(21)22-9-14-7-5-4-6-13(14)8-18/h4-7,12,19-20H,9H2,1-3H3/t12-/m0/s1. The highest BCUT2D eigenvalue weighted by Crippen LogP contribution is 2.25. The van der Waals surface area contributed by atoms with E-state index < -0.39 is 12.1 Å². The van der Waals surface area contributed by atoms with E-state index in [4.69, 9.17) is 10.00 Å². The third-order valence-corrected chi connectivity index (χ3v) is 3.61. The maximum absolute atomic E-state index is 12.2. The number of aliphatic hydroxyl groups excluding tert-OH is 1. The molecule has 1 atom stereocenters. The van der Waals surface area contributed by atoms with Crippen molar-refractivity contribution in [1.82, 2.24) is 4.98 Å². The zero-order valence-corrected chi connectivity index (χ0v) is 12.8. The minimum atomic E-state index is -0.655. The van der Waals surface area contributed by atoms with Gasteiger partial charge in [0.05, 0.1) is 17.7 Å². The predicted octanol–water partition coefficient (Wildman–Crippen LogP) is 2.91. The van der Waals surface area contributed by atoms with Crippen LogP contribution < -0.4 is 0 Å². The number of nitrogens with zero attached hydrogens (tertiary/aromatic N) is 1. The molecule has 22 heavy (non-hydrogen) atoms. The van der Waals surface area contributed by atoms with Gasteiger partial charge in [0.2, 0.25) is 0 Å². The second kappa shape index (κ2) is 6.46. The third kappa shape index (κ3) is 3.02. The first-order chi connectivity index (χ1) is 10.5. The Balaban J connectivity index is 2.17. The Morgan fingerprint density at radius 2 is 2.09 bits per heavy atom. The number of hydrogen-bond donors (Lipinski definition) is 2. The molecule has 0 aliphatic carbocycles. The molecule has 0 unspecified atom stereocenters. The number of carbonyl (C=O) groups is 1. The molecule has 2 N–H and O–H groups in total. The second-order valence-corrected chi connectivity index (χ2v) is 5.18. The Kier molecular flexibility index (Phi) is 4.64. The average Bonchev–Trinajstić information content (AvgIpc) is 2.80. The van der Waals surface area contributed by atoms with E-state index in [-0.39, 0.29) is 6.61 Å². The maximum Gasteiger partial charge on any atom is 0.355 e. The topological polar surface area (TPSA) is 86.1 Å². The molecular formula is C17H18N2O3. The summed E-state index contributed by atoms with van der Waals surface area (Å²) in [5, 5.41) is 18.8. The summed E-state index contributed by atoms with van der Waals surface area (Å²) in [6.07, 6.45) is -0.655. The van der Waals surface area contributed by atoms with Gasteiger partial charge >= 0.3 is 5.97 Å².